The van der Waals surface area contributed by atoms with Crippen LogP contribution in [-0.4, -0.2) is 14.8 Å². The molecule has 0 bridgehead atoms. The maximum absolute atomic E-state index is 13.0. The zero-order chi connectivity index (χ0) is 10.1. The molecule has 0 aliphatic rings. The van der Waals surface area contributed by atoms with Crippen molar-refractivity contribution >= 4 is 5.69 Å². The Kier molecular flexibility index (Phi) is 1.92. The van der Waals surface area contributed by atoms with E-state index in [2.05, 4.69) is 10.2 Å². The summed E-state index contributed by atoms with van der Waals surface area (Å²) in [5, 5.41) is 7.56. The highest BCUT2D eigenvalue weighted by molar-refractivity contribution is 5.71. The first-order valence-electron chi connectivity index (χ1n) is 4.08. The second-order valence-electron chi connectivity index (χ2n) is 3.00. The van der Waals surface area contributed by atoms with Crippen LogP contribution in [0.3, 0.4) is 0 Å². The number of benzene rings is 1. The van der Waals surface area contributed by atoms with E-state index < -0.39 is 0 Å². The monoisotopic (exact) mass is 192 g/mol. The fourth-order valence-corrected chi connectivity index (χ4v) is 1.25. The summed E-state index contributed by atoms with van der Waals surface area (Å²) >= 11 is 0. The predicted molar refractivity (Wildman–Crippen MR) is 50.8 cm³/mol. The van der Waals surface area contributed by atoms with Crippen molar-refractivity contribution in [1.82, 2.24) is 14.8 Å². The molecule has 0 saturated heterocycles. The van der Waals surface area contributed by atoms with Crippen molar-refractivity contribution in [2.24, 2.45) is 7.05 Å². The molecule has 1 aromatic carbocycles. The van der Waals surface area contributed by atoms with Crippen LogP contribution in [0.2, 0.25) is 0 Å². The first-order valence-corrected chi connectivity index (χ1v) is 4.08. The van der Waals surface area contributed by atoms with Gasteiger partial charge in [-0.2, -0.15) is 0 Å². The average Bonchev–Trinajstić information content (AvgIpc) is 2.56. The Labute approximate surface area is 80.2 Å². The molecule has 0 aliphatic heterocycles. The van der Waals surface area contributed by atoms with E-state index in [1.54, 1.807) is 17.9 Å². The Morgan fingerprint density at radius 1 is 1.43 bits per heavy atom. The first-order chi connectivity index (χ1) is 6.68. The van der Waals surface area contributed by atoms with Crippen LogP contribution in [0.4, 0.5) is 10.1 Å². The molecule has 1 heterocycles. The van der Waals surface area contributed by atoms with Gasteiger partial charge in [0.15, 0.2) is 5.82 Å². The lowest BCUT2D eigenvalue weighted by atomic mass is 10.1. The number of hydrogen-bond donors (Lipinski definition) is 1. The molecule has 5 heteroatoms. The molecule has 0 fully saturated rings. The van der Waals surface area contributed by atoms with Crippen LogP contribution in [0, 0.1) is 5.82 Å². The standard InChI is InChI=1S/C9H9FN4/c1-14-5-12-13-9(14)7-4-6(10)2-3-8(7)11/h2-5H,11H2,1H3. The van der Waals surface area contributed by atoms with Crippen LogP contribution in [0.5, 0.6) is 0 Å². The van der Waals surface area contributed by atoms with Gasteiger partial charge in [-0.1, -0.05) is 0 Å². The van der Waals surface area contributed by atoms with Crippen molar-refractivity contribution in [3.05, 3.63) is 30.3 Å². The normalized spacial score (nSPS) is 10.4. The van der Waals surface area contributed by atoms with Crippen molar-refractivity contribution < 1.29 is 4.39 Å². The summed E-state index contributed by atoms with van der Waals surface area (Å²) in [6.07, 6.45) is 1.54. The maximum atomic E-state index is 13.0. The number of hydrogen-bond acceptors (Lipinski definition) is 3. The van der Waals surface area contributed by atoms with Crippen LogP contribution in [-0.2, 0) is 7.05 Å². The SMILES string of the molecule is Cn1cnnc1-c1cc(F)ccc1N. The summed E-state index contributed by atoms with van der Waals surface area (Å²) in [5.74, 6) is 0.221. The molecule has 0 spiro atoms. The second-order valence-corrected chi connectivity index (χ2v) is 3.00. The van der Waals surface area contributed by atoms with Crippen LogP contribution in [0.25, 0.3) is 11.4 Å². The molecule has 0 saturated carbocycles. The third-order valence-electron chi connectivity index (χ3n) is 1.97. The van der Waals surface area contributed by atoms with E-state index in [1.165, 1.54) is 18.2 Å². The number of nitrogens with zero attached hydrogens (tertiary/aromatic N) is 3. The molecule has 4 nitrogen and oxygen atoms in total. The van der Waals surface area contributed by atoms with Gasteiger partial charge < -0.3 is 10.3 Å². The van der Waals surface area contributed by atoms with Gasteiger partial charge in [-0.25, -0.2) is 4.39 Å². The van der Waals surface area contributed by atoms with Crippen molar-refractivity contribution in [1.29, 1.82) is 0 Å². The van der Waals surface area contributed by atoms with Gasteiger partial charge in [-0.15, -0.1) is 10.2 Å². The lowest BCUT2D eigenvalue weighted by molar-refractivity contribution is 0.628. The molecule has 0 aliphatic carbocycles. The molecule has 14 heavy (non-hydrogen) atoms. The molecule has 2 rings (SSSR count). The highest BCUT2D eigenvalue weighted by Crippen LogP contribution is 2.23. The van der Waals surface area contributed by atoms with E-state index in [-0.39, 0.29) is 5.82 Å². The number of nitrogens with two attached hydrogens (primary N) is 1. The van der Waals surface area contributed by atoms with E-state index in [4.69, 9.17) is 5.73 Å². The minimum atomic E-state index is -0.336. The number of anilines is 1. The summed E-state index contributed by atoms with van der Waals surface area (Å²) in [6.45, 7) is 0. The van der Waals surface area contributed by atoms with Gasteiger partial charge in [-0.3, -0.25) is 0 Å². The third kappa shape index (κ3) is 1.32. The molecule has 0 amide bonds. The largest absolute Gasteiger partial charge is 0.398 e. The summed E-state index contributed by atoms with van der Waals surface area (Å²) < 4.78 is 14.6. The van der Waals surface area contributed by atoms with E-state index >= 15 is 0 Å². The van der Waals surface area contributed by atoms with Gasteiger partial charge in [0.05, 0.1) is 0 Å². The highest BCUT2D eigenvalue weighted by atomic mass is 19.1. The van der Waals surface area contributed by atoms with Gasteiger partial charge in [0.1, 0.15) is 12.1 Å². The zero-order valence-electron chi connectivity index (χ0n) is 7.61. The fourth-order valence-electron chi connectivity index (χ4n) is 1.25. The van der Waals surface area contributed by atoms with Gasteiger partial charge in [0, 0.05) is 18.3 Å². The van der Waals surface area contributed by atoms with Crippen LogP contribution in [0.1, 0.15) is 0 Å². The Morgan fingerprint density at radius 2 is 2.21 bits per heavy atom. The Hall–Kier alpha value is -1.91. The molecule has 2 N–H and O–H groups in total. The molecule has 2 aromatic rings. The number of rotatable bonds is 1. The molecule has 0 unspecified atom stereocenters. The van der Waals surface area contributed by atoms with Crippen LogP contribution >= 0.6 is 0 Å². The lowest BCUT2D eigenvalue weighted by Gasteiger charge is -2.03. The lowest BCUT2D eigenvalue weighted by Crippen LogP contribution is -1.96. The van der Waals surface area contributed by atoms with Gasteiger partial charge in [0.25, 0.3) is 0 Å². The van der Waals surface area contributed by atoms with Crippen molar-refractivity contribution in [3.63, 3.8) is 0 Å². The summed E-state index contributed by atoms with van der Waals surface area (Å²) in [5.41, 5.74) is 6.75. The first kappa shape index (κ1) is 8.68. The van der Waals surface area contributed by atoms with E-state index in [0.29, 0.717) is 17.1 Å². The van der Waals surface area contributed by atoms with Crippen LogP contribution in [0.15, 0.2) is 24.5 Å². The number of nitrogen functional groups attached to an aromatic ring is 1. The number of aromatic nitrogens is 3. The van der Waals surface area contributed by atoms with Gasteiger partial charge in [-0.05, 0) is 18.2 Å². The zero-order valence-corrected chi connectivity index (χ0v) is 7.61. The second kappa shape index (κ2) is 3.10. The van der Waals surface area contributed by atoms with Crippen molar-refractivity contribution in [3.8, 4) is 11.4 Å². The van der Waals surface area contributed by atoms with Crippen molar-refractivity contribution in [2.45, 2.75) is 0 Å². The minimum absolute atomic E-state index is 0.336. The fraction of sp³-hybridized carbons (Fsp3) is 0.111. The third-order valence-corrected chi connectivity index (χ3v) is 1.97. The molecule has 72 valence electrons. The quantitative estimate of drug-likeness (QED) is 0.691. The Bertz CT molecular complexity index is 464. The van der Waals surface area contributed by atoms with E-state index in [1.807, 2.05) is 0 Å². The molecule has 0 radical (unpaired) electrons. The minimum Gasteiger partial charge on any atom is -0.398 e. The van der Waals surface area contributed by atoms with Gasteiger partial charge >= 0.3 is 0 Å². The average molecular weight is 192 g/mol. The Balaban J connectivity index is 2.62. The molecule has 0 atom stereocenters. The predicted octanol–water partition coefficient (Wildman–Crippen LogP) is 1.20. The topological polar surface area (TPSA) is 56.7 Å². The number of halogens is 1. The highest BCUT2D eigenvalue weighted by Gasteiger charge is 2.08. The maximum Gasteiger partial charge on any atom is 0.165 e. The molecular weight excluding hydrogens is 183 g/mol. The Morgan fingerprint density at radius 3 is 2.86 bits per heavy atom. The van der Waals surface area contributed by atoms with E-state index in [9.17, 15) is 4.39 Å². The smallest absolute Gasteiger partial charge is 0.165 e. The summed E-state index contributed by atoms with van der Waals surface area (Å²) in [6, 6.07) is 4.17. The summed E-state index contributed by atoms with van der Waals surface area (Å²) in [4.78, 5) is 0. The summed E-state index contributed by atoms with van der Waals surface area (Å²) in [7, 11) is 1.78. The van der Waals surface area contributed by atoms with Crippen molar-refractivity contribution in [2.75, 3.05) is 5.73 Å². The number of aryl methyl sites for hydroxylation is 1. The molecular formula is C9H9FN4. The van der Waals surface area contributed by atoms with Crippen LogP contribution < -0.4 is 5.73 Å². The molecule has 1 aromatic heterocycles. The van der Waals surface area contributed by atoms with E-state index in [0.717, 1.165) is 0 Å². The van der Waals surface area contributed by atoms with Gasteiger partial charge in [0.2, 0.25) is 0 Å².